The molecule has 1 aromatic carbocycles. The normalized spacial score (nSPS) is 20.0. The number of amides is 1. The molecule has 1 heterocycles. The van der Waals surface area contributed by atoms with Crippen molar-refractivity contribution in [3.05, 3.63) is 28.8 Å². The van der Waals surface area contributed by atoms with E-state index in [1.54, 1.807) is 4.90 Å². The zero-order valence-corrected chi connectivity index (χ0v) is 14.6. The predicted octanol–water partition coefficient (Wildman–Crippen LogP) is 3.40. The lowest BCUT2D eigenvalue weighted by molar-refractivity contribution is -0.141. The molecule has 0 fully saturated rings. The van der Waals surface area contributed by atoms with Gasteiger partial charge in [-0.25, -0.2) is 0 Å². The summed E-state index contributed by atoms with van der Waals surface area (Å²) in [6.45, 7) is 7.99. The topological polar surface area (TPSA) is 57.6 Å². The lowest BCUT2D eigenvalue weighted by atomic mass is 9.86. The number of aliphatic hydroxyl groups is 1. The third-order valence-electron chi connectivity index (χ3n) is 4.61. The molecule has 126 valence electrons. The Bertz CT molecular complexity index is 623. The van der Waals surface area contributed by atoms with Gasteiger partial charge in [-0.2, -0.15) is 0 Å². The Morgan fingerprint density at radius 1 is 1.17 bits per heavy atom. The van der Waals surface area contributed by atoms with Gasteiger partial charge in [-0.15, -0.1) is 0 Å². The maximum Gasteiger partial charge on any atom is 0.264 e. The molecule has 0 saturated heterocycles. The number of fused-ring (bicyclic) bond motifs is 1. The van der Waals surface area contributed by atoms with Crippen molar-refractivity contribution in [1.29, 1.82) is 0 Å². The van der Waals surface area contributed by atoms with Gasteiger partial charge in [0.2, 0.25) is 0 Å². The average molecular weight is 317 g/mol. The lowest BCUT2D eigenvalue weighted by Gasteiger charge is -2.22. The highest BCUT2D eigenvalue weighted by Gasteiger charge is 2.51. The maximum atomic E-state index is 12.9. The van der Waals surface area contributed by atoms with Crippen LogP contribution < -0.4 is 4.90 Å². The highest BCUT2D eigenvalue weighted by molar-refractivity contribution is 6.09. The van der Waals surface area contributed by atoms with Crippen LogP contribution in [-0.2, 0) is 15.2 Å². The van der Waals surface area contributed by atoms with Crippen molar-refractivity contribution >= 4 is 17.4 Å². The second kappa shape index (κ2) is 6.83. The second-order valence-corrected chi connectivity index (χ2v) is 6.68. The van der Waals surface area contributed by atoms with E-state index in [0.29, 0.717) is 12.1 Å². The molecule has 0 spiro atoms. The van der Waals surface area contributed by atoms with Crippen molar-refractivity contribution in [3.8, 4) is 0 Å². The van der Waals surface area contributed by atoms with E-state index in [1.165, 1.54) is 6.92 Å². The summed E-state index contributed by atoms with van der Waals surface area (Å²) in [6.07, 6.45) is 4.08. The van der Waals surface area contributed by atoms with E-state index in [4.69, 9.17) is 0 Å². The Balaban J connectivity index is 2.43. The molecule has 1 unspecified atom stereocenters. The van der Waals surface area contributed by atoms with Crippen LogP contribution in [0.2, 0.25) is 0 Å². The van der Waals surface area contributed by atoms with Crippen LogP contribution in [0.25, 0.3) is 0 Å². The van der Waals surface area contributed by atoms with Crippen molar-refractivity contribution in [2.24, 2.45) is 0 Å². The van der Waals surface area contributed by atoms with Gasteiger partial charge < -0.3 is 10.0 Å². The molecule has 1 N–H and O–H groups in total. The molecular formula is C19H27NO3. The first-order valence-corrected chi connectivity index (χ1v) is 8.47. The van der Waals surface area contributed by atoms with Crippen LogP contribution in [0.15, 0.2) is 12.1 Å². The van der Waals surface area contributed by atoms with E-state index in [1.807, 2.05) is 26.0 Å². The van der Waals surface area contributed by atoms with Crippen LogP contribution in [0, 0.1) is 13.8 Å². The molecule has 1 aromatic rings. The molecule has 0 aliphatic carbocycles. The number of carbonyl (C=O) groups excluding carboxylic acids is 2. The van der Waals surface area contributed by atoms with Crippen molar-refractivity contribution < 1.29 is 14.7 Å². The monoisotopic (exact) mass is 317 g/mol. The van der Waals surface area contributed by atoms with E-state index >= 15 is 0 Å². The van der Waals surface area contributed by atoms with Crippen LogP contribution in [0.4, 0.5) is 5.69 Å². The molecule has 23 heavy (non-hydrogen) atoms. The molecular weight excluding hydrogens is 290 g/mol. The maximum absolute atomic E-state index is 12.9. The zero-order chi connectivity index (χ0) is 17.2. The van der Waals surface area contributed by atoms with Crippen molar-refractivity contribution in [1.82, 2.24) is 0 Å². The first-order chi connectivity index (χ1) is 10.8. The van der Waals surface area contributed by atoms with Gasteiger partial charge in [0.15, 0.2) is 5.60 Å². The number of benzene rings is 1. The van der Waals surface area contributed by atoms with E-state index in [9.17, 15) is 14.7 Å². The number of aryl methyl sites for hydroxylation is 2. The number of Topliss-reactive ketones (excluding diaryl/α,β-unsaturated/α-hetero) is 1. The molecule has 1 aliphatic rings. The van der Waals surface area contributed by atoms with Crippen molar-refractivity contribution in [3.63, 3.8) is 0 Å². The van der Waals surface area contributed by atoms with Gasteiger partial charge in [0.05, 0.1) is 5.69 Å². The molecule has 1 amide bonds. The van der Waals surface area contributed by atoms with E-state index < -0.39 is 5.60 Å². The van der Waals surface area contributed by atoms with Crippen LogP contribution in [-0.4, -0.2) is 23.3 Å². The van der Waals surface area contributed by atoms with Gasteiger partial charge >= 0.3 is 0 Å². The number of rotatable bonds is 7. The number of anilines is 1. The summed E-state index contributed by atoms with van der Waals surface area (Å²) in [5, 5.41) is 11.0. The number of nitrogens with zero attached hydrogens (tertiary/aromatic N) is 1. The molecule has 4 nitrogen and oxygen atoms in total. The van der Waals surface area contributed by atoms with Crippen molar-refractivity contribution in [2.45, 2.75) is 65.4 Å². The first-order valence-electron chi connectivity index (χ1n) is 8.47. The third-order valence-corrected chi connectivity index (χ3v) is 4.61. The minimum Gasteiger partial charge on any atom is -0.375 e. The Labute approximate surface area is 138 Å². The third kappa shape index (κ3) is 3.18. The summed E-state index contributed by atoms with van der Waals surface area (Å²) in [6, 6.07) is 3.88. The van der Waals surface area contributed by atoms with Gasteiger partial charge in [0, 0.05) is 18.5 Å². The standard InChI is InChI=1S/C19H27NO3/c1-5-6-7-8-11-20-17-14(3)10-9-13(2)16(17)19(23,18(20)22)12-15(4)21/h9-10,23H,5-8,11-12H2,1-4H3. The number of carbonyl (C=O) groups is 2. The number of unbranched alkanes of at least 4 members (excludes halogenated alkanes) is 3. The summed E-state index contributed by atoms with van der Waals surface area (Å²) in [5.41, 5.74) is 1.54. The van der Waals surface area contributed by atoms with Gasteiger partial charge in [0.25, 0.3) is 5.91 Å². The fourth-order valence-corrected chi connectivity index (χ4v) is 3.53. The first kappa shape index (κ1) is 17.7. The van der Waals surface area contributed by atoms with Gasteiger partial charge in [-0.1, -0.05) is 38.3 Å². The number of hydrogen-bond donors (Lipinski definition) is 1. The fourth-order valence-electron chi connectivity index (χ4n) is 3.53. The Morgan fingerprint density at radius 3 is 2.43 bits per heavy atom. The summed E-state index contributed by atoms with van der Waals surface area (Å²) in [7, 11) is 0. The highest BCUT2D eigenvalue weighted by Crippen LogP contribution is 2.46. The Kier molecular flexibility index (Phi) is 5.25. The molecule has 0 saturated carbocycles. The molecule has 0 radical (unpaired) electrons. The van der Waals surface area contributed by atoms with E-state index in [-0.39, 0.29) is 18.1 Å². The molecule has 2 rings (SSSR count). The minimum absolute atomic E-state index is 0.158. The summed E-state index contributed by atoms with van der Waals surface area (Å²) >= 11 is 0. The Hall–Kier alpha value is -1.68. The van der Waals surface area contributed by atoms with E-state index in [2.05, 4.69) is 6.92 Å². The number of hydrogen-bond acceptors (Lipinski definition) is 3. The predicted molar refractivity (Wildman–Crippen MR) is 91.6 cm³/mol. The molecule has 0 bridgehead atoms. The summed E-state index contributed by atoms with van der Waals surface area (Å²) in [4.78, 5) is 26.2. The quantitative estimate of drug-likeness (QED) is 0.784. The average Bonchev–Trinajstić information content (AvgIpc) is 2.69. The largest absolute Gasteiger partial charge is 0.375 e. The second-order valence-electron chi connectivity index (χ2n) is 6.68. The highest BCUT2D eigenvalue weighted by atomic mass is 16.3. The Morgan fingerprint density at radius 2 is 1.83 bits per heavy atom. The van der Waals surface area contributed by atoms with Crippen LogP contribution in [0.3, 0.4) is 0 Å². The zero-order valence-electron chi connectivity index (χ0n) is 14.6. The molecule has 1 aliphatic heterocycles. The molecule has 4 heteroatoms. The SMILES string of the molecule is CCCCCCN1C(=O)C(O)(CC(C)=O)c2c(C)ccc(C)c21. The summed E-state index contributed by atoms with van der Waals surface area (Å²) in [5.74, 6) is -0.530. The number of ketones is 1. The summed E-state index contributed by atoms with van der Waals surface area (Å²) < 4.78 is 0. The van der Waals surface area contributed by atoms with Gasteiger partial charge in [-0.3, -0.25) is 9.59 Å². The van der Waals surface area contributed by atoms with Crippen molar-refractivity contribution in [2.75, 3.05) is 11.4 Å². The van der Waals surface area contributed by atoms with Gasteiger partial charge in [0.1, 0.15) is 5.78 Å². The molecule has 0 aromatic heterocycles. The van der Waals surface area contributed by atoms with Crippen LogP contribution in [0.5, 0.6) is 0 Å². The lowest BCUT2D eigenvalue weighted by Crippen LogP contribution is -2.42. The molecule has 1 atom stereocenters. The smallest absolute Gasteiger partial charge is 0.264 e. The minimum atomic E-state index is -1.71. The van der Waals surface area contributed by atoms with Gasteiger partial charge in [-0.05, 0) is 38.3 Å². The van der Waals surface area contributed by atoms with E-state index in [0.717, 1.165) is 42.5 Å². The fraction of sp³-hybridized carbons (Fsp3) is 0.579. The van der Waals surface area contributed by atoms with Crippen LogP contribution >= 0.6 is 0 Å². The van der Waals surface area contributed by atoms with Crippen LogP contribution in [0.1, 0.15) is 62.6 Å².